The molecular weight excluding hydrogens is 382 g/mol. The standard InChI is InChI=1S/C22H19N5O3/c28-20-19(21(29)27(22(30)24-20)12-13-6-2-1-3-7-13)18-10-17(25-26-18)15-11-23-16-9-5-4-8-14(15)16/h1-9,11,17,23,25,29H,10,12H2,(H,24,28,30)/t17-/m1/s1. The van der Waals surface area contributed by atoms with Gasteiger partial charge in [-0.05, 0) is 11.6 Å². The highest BCUT2D eigenvalue weighted by Crippen LogP contribution is 2.30. The van der Waals surface area contributed by atoms with Crippen molar-refractivity contribution in [1.29, 1.82) is 0 Å². The van der Waals surface area contributed by atoms with E-state index in [-0.39, 0.29) is 24.0 Å². The topological polar surface area (TPSA) is 115 Å². The second-order valence-electron chi connectivity index (χ2n) is 7.26. The molecule has 0 saturated carbocycles. The van der Waals surface area contributed by atoms with Crippen LogP contribution in [0.1, 0.15) is 29.2 Å². The second-order valence-corrected chi connectivity index (χ2v) is 7.26. The summed E-state index contributed by atoms with van der Waals surface area (Å²) < 4.78 is 1.15. The van der Waals surface area contributed by atoms with Crippen LogP contribution in [0.5, 0.6) is 5.88 Å². The predicted octanol–water partition coefficient (Wildman–Crippen LogP) is 2.21. The van der Waals surface area contributed by atoms with Gasteiger partial charge in [-0.1, -0.05) is 48.5 Å². The minimum absolute atomic E-state index is 0.0142. The smallest absolute Gasteiger partial charge is 0.331 e. The minimum atomic E-state index is -0.662. The molecule has 2 aromatic carbocycles. The molecule has 0 spiro atoms. The van der Waals surface area contributed by atoms with Crippen LogP contribution in [0.25, 0.3) is 10.9 Å². The molecule has 3 heterocycles. The fourth-order valence-corrected chi connectivity index (χ4v) is 3.89. The van der Waals surface area contributed by atoms with Gasteiger partial charge in [0.15, 0.2) is 0 Å². The van der Waals surface area contributed by atoms with Crippen LogP contribution in [0.15, 0.2) is 75.5 Å². The van der Waals surface area contributed by atoms with Crippen LogP contribution in [0.2, 0.25) is 0 Å². The number of nitrogens with one attached hydrogen (secondary N) is 3. The van der Waals surface area contributed by atoms with E-state index in [1.54, 1.807) is 0 Å². The number of nitrogens with zero attached hydrogens (tertiary/aromatic N) is 2. The van der Waals surface area contributed by atoms with Crippen LogP contribution in [0, 0.1) is 0 Å². The SMILES string of the molecule is O=c1[nH]c(=O)n(Cc2ccccc2)c(O)c1C1=NN[C@@H](c2c[nH]c3ccccc23)C1. The van der Waals surface area contributed by atoms with E-state index in [0.29, 0.717) is 12.1 Å². The zero-order chi connectivity index (χ0) is 20.7. The quantitative estimate of drug-likeness (QED) is 0.420. The summed E-state index contributed by atoms with van der Waals surface area (Å²) in [7, 11) is 0. The van der Waals surface area contributed by atoms with Gasteiger partial charge in [0.1, 0.15) is 5.56 Å². The third-order valence-corrected chi connectivity index (χ3v) is 5.39. The van der Waals surface area contributed by atoms with Crippen molar-refractivity contribution >= 4 is 16.6 Å². The number of benzene rings is 2. The number of fused-ring (bicyclic) bond motifs is 1. The number of aromatic nitrogens is 3. The maximum Gasteiger partial charge on any atom is 0.331 e. The second kappa shape index (κ2) is 7.07. The van der Waals surface area contributed by atoms with Gasteiger partial charge in [0, 0.05) is 29.1 Å². The summed E-state index contributed by atoms with van der Waals surface area (Å²) in [5.74, 6) is -0.382. The molecule has 0 amide bonds. The molecule has 0 fully saturated rings. The molecule has 8 nitrogen and oxygen atoms in total. The van der Waals surface area contributed by atoms with Crippen molar-refractivity contribution in [3.05, 3.63) is 98.3 Å². The van der Waals surface area contributed by atoms with Crippen molar-refractivity contribution in [3.8, 4) is 5.88 Å². The van der Waals surface area contributed by atoms with E-state index in [1.165, 1.54) is 0 Å². The summed E-state index contributed by atoms with van der Waals surface area (Å²) in [5.41, 5.74) is 5.03. The average molecular weight is 401 g/mol. The molecule has 0 saturated heterocycles. The third-order valence-electron chi connectivity index (χ3n) is 5.39. The molecular formula is C22H19N5O3. The lowest BCUT2D eigenvalue weighted by Gasteiger charge is -2.12. The Morgan fingerprint density at radius 2 is 1.83 bits per heavy atom. The molecule has 8 heteroatoms. The van der Waals surface area contributed by atoms with E-state index in [1.807, 2.05) is 60.8 Å². The summed E-state index contributed by atoms with van der Waals surface area (Å²) >= 11 is 0. The van der Waals surface area contributed by atoms with E-state index in [0.717, 1.165) is 26.6 Å². The Hall–Kier alpha value is -4.07. The summed E-state index contributed by atoms with van der Waals surface area (Å²) in [6.45, 7) is 0.141. The summed E-state index contributed by atoms with van der Waals surface area (Å²) in [6, 6.07) is 17.0. The van der Waals surface area contributed by atoms with Gasteiger partial charge in [-0.25, -0.2) is 4.79 Å². The minimum Gasteiger partial charge on any atom is -0.494 e. The fourth-order valence-electron chi connectivity index (χ4n) is 3.89. The van der Waals surface area contributed by atoms with Gasteiger partial charge in [-0.15, -0.1) is 0 Å². The average Bonchev–Trinajstić information content (AvgIpc) is 3.39. The van der Waals surface area contributed by atoms with Gasteiger partial charge in [0.2, 0.25) is 5.88 Å². The Kier molecular flexibility index (Phi) is 4.24. The van der Waals surface area contributed by atoms with Gasteiger partial charge in [0.05, 0.1) is 18.3 Å². The van der Waals surface area contributed by atoms with Crippen molar-refractivity contribution in [3.63, 3.8) is 0 Å². The Morgan fingerprint density at radius 1 is 1.07 bits per heavy atom. The van der Waals surface area contributed by atoms with Gasteiger partial charge in [0.25, 0.3) is 5.56 Å². The maximum absolute atomic E-state index is 12.5. The lowest BCUT2D eigenvalue weighted by molar-refractivity contribution is 0.408. The molecule has 1 atom stereocenters. The molecule has 2 aromatic heterocycles. The van der Waals surface area contributed by atoms with Crippen LogP contribution in [0.3, 0.4) is 0 Å². The first kappa shape index (κ1) is 18.0. The van der Waals surface area contributed by atoms with Crippen LogP contribution in [-0.2, 0) is 6.54 Å². The van der Waals surface area contributed by atoms with Crippen molar-refractivity contribution in [1.82, 2.24) is 20.0 Å². The monoisotopic (exact) mass is 401 g/mol. The molecule has 4 aromatic rings. The Labute approximate surface area is 170 Å². The molecule has 1 aliphatic heterocycles. The van der Waals surface area contributed by atoms with E-state index in [9.17, 15) is 14.7 Å². The maximum atomic E-state index is 12.5. The number of hydrazone groups is 1. The lowest BCUT2D eigenvalue weighted by atomic mass is 9.99. The van der Waals surface area contributed by atoms with E-state index in [4.69, 9.17) is 0 Å². The van der Waals surface area contributed by atoms with Gasteiger partial charge < -0.3 is 15.5 Å². The molecule has 0 unspecified atom stereocenters. The van der Waals surface area contributed by atoms with Crippen molar-refractivity contribution in [2.45, 2.75) is 19.0 Å². The first-order valence-electron chi connectivity index (χ1n) is 9.60. The number of aromatic amines is 2. The molecule has 1 aliphatic rings. The fraction of sp³-hybridized carbons (Fsp3) is 0.136. The molecule has 150 valence electrons. The Bertz CT molecular complexity index is 1380. The van der Waals surface area contributed by atoms with Crippen LogP contribution < -0.4 is 16.7 Å². The molecule has 30 heavy (non-hydrogen) atoms. The zero-order valence-corrected chi connectivity index (χ0v) is 15.9. The van der Waals surface area contributed by atoms with Crippen molar-refractivity contribution in [2.75, 3.05) is 0 Å². The van der Waals surface area contributed by atoms with Crippen LogP contribution >= 0.6 is 0 Å². The highest BCUT2D eigenvalue weighted by atomic mass is 16.3. The van der Waals surface area contributed by atoms with Gasteiger partial charge in [-0.3, -0.25) is 14.3 Å². The van der Waals surface area contributed by atoms with Gasteiger partial charge >= 0.3 is 5.69 Å². The first-order chi connectivity index (χ1) is 14.6. The largest absolute Gasteiger partial charge is 0.494 e. The molecule has 0 radical (unpaired) electrons. The Balaban J connectivity index is 1.49. The number of hydrogen-bond acceptors (Lipinski definition) is 5. The zero-order valence-electron chi connectivity index (χ0n) is 15.9. The number of H-pyrrole nitrogens is 2. The van der Waals surface area contributed by atoms with Crippen molar-refractivity contribution in [2.24, 2.45) is 5.10 Å². The molecule has 5 rings (SSSR count). The number of rotatable bonds is 4. The first-order valence-corrected chi connectivity index (χ1v) is 9.60. The highest BCUT2D eigenvalue weighted by molar-refractivity contribution is 6.03. The third kappa shape index (κ3) is 2.98. The summed E-state index contributed by atoms with van der Waals surface area (Å²) in [5, 5.41) is 16.2. The van der Waals surface area contributed by atoms with E-state index < -0.39 is 11.2 Å². The Morgan fingerprint density at radius 3 is 2.67 bits per heavy atom. The number of aromatic hydroxyl groups is 1. The summed E-state index contributed by atoms with van der Waals surface area (Å²) in [6.07, 6.45) is 2.32. The number of hydrogen-bond donors (Lipinski definition) is 4. The normalized spacial score (nSPS) is 15.9. The van der Waals surface area contributed by atoms with Crippen LogP contribution in [-0.4, -0.2) is 25.4 Å². The van der Waals surface area contributed by atoms with Crippen molar-refractivity contribution < 1.29 is 5.11 Å². The predicted molar refractivity (Wildman–Crippen MR) is 114 cm³/mol. The molecule has 4 N–H and O–H groups in total. The van der Waals surface area contributed by atoms with Crippen LogP contribution in [0.4, 0.5) is 0 Å². The number of para-hydroxylation sites is 1. The molecule has 0 aliphatic carbocycles. The molecule has 0 bridgehead atoms. The van der Waals surface area contributed by atoms with E-state index in [2.05, 4.69) is 20.5 Å². The highest BCUT2D eigenvalue weighted by Gasteiger charge is 2.28. The van der Waals surface area contributed by atoms with Gasteiger partial charge in [-0.2, -0.15) is 5.10 Å². The van der Waals surface area contributed by atoms with E-state index >= 15 is 0 Å². The summed E-state index contributed by atoms with van der Waals surface area (Å²) in [4.78, 5) is 30.4. The lowest BCUT2D eigenvalue weighted by Crippen LogP contribution is -2.34.